The lowest BCUT2D eigenvalue weighted by Crippen LogP contribution is -2.39. The summed E-state index contributed by atoms with van der Waals surface area (Å²) in [5.41, 5.74) is 5.27. The van der Waals surface area contributed by atoms with Crippen molar-refractivity contribution < 1.29 is 9.53 Å². The van der Waals surface area contributed by atoms with Gasteiger partial charge in [-0.05, 0) is 31.6 Å². The Morgan fingerprint density at radius 3 is 2.62 bits per heavy atom. The van der Waals surface area contributed by atoms with Gasteiger partial charge in [0.2, 0.25) is 5.91 Å². The number of nitrogens with one attached hydrogen (secondary N) is 1. The lowest BCUT2D eigenvalue weighted by molar-refractivity contribution is -0.126. The standard InChI is InChI=1S/C12H24N2O2/c1-2-10-3-5-11(6-4-10)14-12(15)9-16-8-7-13/h10-11H,2-9,13H2,1H3,(H,14,15). The molecule has 94 valence electrons. The molecule has 1 rings (SSSR count). The van der Waals surface area contributed by atoms with Crippen LogP contribution in [0, 0.1) is 5.92 Å². The third kappa shape index (κ3) is 4.94. The van der Waals surface area contributed by atoms with Crippen molar-refractivity contribution in [1.82, 2.24) is 5.32 Å². The predicted octanol–water partition coefficient (Wildman–Crippen LogP) is 1.05. The zero-order chi connectivity index (χ0) is 11.8. The predicted molar refractivity (Wildman–Crippen MR) is 64.1 cm³/mol. The van der Waals surface area contributed by atoms with Gasteiger partial charge in [0.1, 0.15) is 6.61 Å². The second-order valence-corrected chi connectivity index (χ2v) is 4.53. The molecule has 0 unspecified atom stereocenters. The van der Waals surface area contributed by atoms with Crippen LogP contribution in [0.15, 0.2) is 0 Å². The minimum absolute atomic E-state index is 0.00611. The molecule has 0 aliphatic heterocycles. The highest BCUT2D eigenvalue weighted by Gasteiger charge is 2.20. The minimum Gasteiger partial charge on any atom is -0.370 e. The summed E-state index contributed by atoms with van der Waals surface area (Å²) >= 11 is 0. The van der Waals surface area contributed by atoms with Gasteiger partial charge < -0.3 is 15.8 Å². The van der Waals surface area contributed by atoms with Crippen LogP contribution in [0.1, 0.15) is 39.0 Å². The average Bonchev–Trinajstić information content (AvgIpc) is 2.30. The van der Waals surface area contributed by atoms with Gasteiger partial charge in [-0.1, -0.05) is 13.3 Å². The number of hydrogen-bond acceptors (Lipinski definition) is 3. The Balaban J connectivity index is 2.10. The molecule has 1 saturated carbocycles. The number of amides is 1. The van der Waals surface area contributed by atoms with Crippen molar-refractivity contribution in [3.8, 4) is 0 Å². The highest BCUT2D eigenvalue weighted by molar-refractivity contribution is 5.77. The molecule has 1 fully saturated rings. The fraction of sp³-hybridized carbons (Fsp3) is 0.917. The number of carbonyl (C=O) groups excluding carboxylic acids is 1. The van der Waals surface area contributed by atoms with Crippen LogP contribution in [0.4, 0.5) is 0 Å². The molecule has 4 heteroatoms. The largest absolute Gasteiger partial charge is 0.370 e. The summed E-state index contributed by atoms with van der Waals surface area (Å²) < 4.78 is 5.09. The van der Waals surface area contributed by atoms with Gasteiger partial charge in [-0.2, -0.15) is 0 Å². The zero-order valence-electron chi connectivity index (χ0n) is 10.2. The summed E-state index contributed by atoms with van der Waals surface area (Å²) in [6.45, 7) is 3.31. The van der Waals surface area contributed by atoms with E-state index in [9.17, 15) is 4.79 Å². The first-order valence-electron chi connectivity index (χ1n) is 6.33. The Morgan fingerprint density at radius 1 is 1.38 bits per heavy atom. The number of ether oxygens (including phenoxy) is 1. The summed E-state index contributed by atoms with van der Waals surface area (Å²) in [5, 5.41) is 3.02. The number of nitrogens with two attached hydrogens (primary N) is 1. The van der Waals surface area contributed by atoms with E-state index in [1.165, 1.54) is 19.3 Å². The van der Waals surface area contributed by atoms with Crippen molar-refractivity contribution in [2.45, 2.75) is 45.1 Å². The quantitative estimate of drug-likeness (QED) is 0.668. The number of carbonyl (C=O) groups is 1. The molecule has 16 heavy (non-hydrogen) atoms. The molecule has 0 heterocycles. The van der Waals surface area contributed by atoms with Crippen molar-refractivity contribution in [2.75, 3.05) is 19.8 Å². The van der Waals surface area contributed by atoms with E-state index in [0.717, 1.165) is 18.8 Å². The number of rotatable bonds is 6. The van der Waals surface area contributed by atoms with E-state index in [2.05, 4.69) is 12.2 Å². The summed E-state index contributed by atoms with van der Waals surface area (Å²) in [4.78, 5) is 11.5. The summed E-state index contributed by atoms with van der Waals surface area (Å²) in [6.07, 6.45) is 5.97. The van der Waals surface area contributed by atoms with Crippen LogP contribution < -0.4 is 11.1 Å². The average molecular weight is 228 g/mol. The molecular weight excluding hydrogens is 204 g/mol. The maximum Gasteiger partial charge on any atom is 0.246 e. The molecular formula is C12H24N2O2. The topological polar surface area (TPSA) is 64.3 Å². The van der Waals surface area contributed by atoms with Crippen LogP contribution in [0.2, 0.25) is 0 Å². The SMILES string of the molecule is CCC1CCC(NC(=O)COCCN)CC1. The van der Waals surface area contributed by atoms with Crippen LogP contribution in [0.25, 0.3) is 0 Å². The van der Waals surface area contributed by atoms with Crippen LogP contribution in [0.5, 0.6) is 0 Å². The van der Waals surface area contributed by atoms with Gasteiger partial charge in [-0.3, -0.25) is 4.79 Å². The van der Waals surface area contributed by atoms with E-state index in [-0.39, 0.29) is 12.5 Å². The molecule has 0 saturated heterocycles. The first-order chi connectivity index (χ1) is 7.76. The third-order valence-electron chi connectivity index (χ3n) is 3.28. The van der Waals surface area contributed by atoms with E-state index in [0.29, 0.717) is 19.2 Å². The smallest absolute Gasteiger partial charge is 0.246 e. The van der Waals surface area contributed by atoms with E-state index in [4.69, 9.17) is 10.5 Å². The maximum absolute atomic E-state index is 11.5. The van der Waals surface area contributed by atoms with E-state index < -0.39 is 0 Å². The van der Waals surface area contributed by atoms with Gasteiger partial charge in [0.05, 0.1) is 6.61 Å². The molecule has 4 nitrogen and oxygen atoms in total. The van der Waals surface area contributed by atoms with Gasteiger partial charge in [-0.25, -0.2) is 0 Å². The van der Waals surface area contributed by atoms with Crippen LogP contribution in [-0.4, -0.2) is 31.7 Å². The Morgan fingerprint density at radius 2 is 2.06 bits per heavy atom. The summed E-state index contributed by atoms with van der Waals surface area (Å²) in [7, 11) is 0. The van der Waals surface area contributed by atoms with Crippen molar-refractivity contribution in [3.63, 3.8) is 0 Å². The minimum atomic E-state index is -0.00611. The van der Waals surface area contributed by atoms with E-state index in [1.807, 2.05) is 0 Å². The van der Waals surface area contributed by atoms with Gasteiger partial charge >= 0.3 is 0 Å². The van der Waals surface area contributed by atoms with Crippen molar-refractivity contribution >= 4 is 5.91 Å². The van der Waals surface area contributed by atoms with Gasteiger partial charge in [-0.15, -0.1) is 0 Å². The lowest BCUT2D eigenvalue weighted by atomic mass is 9.84. The molecule has 0 bridgehead atoms. The molecule has 0 aromatic rings. The van der Waals surface area contributed by atoms with Crippen molar-refractivity contribution in [1.29, 1.82) is 0 Å². The van der Waals surface area contributed by atoms with Crippen LogP contribution in [0.3, 0.4) is 0 Å². The fourth-order valence-electron chi connectivity index (χ4n) is 2.23. The Hall–Kier alpha value is -0.610. The Kier molecular flexibility index (Phi) is 6.42. The normalized spacial score (nSPS) is 25.4. The van der Waals surface area contributed by atoms with Crippen LogP contribution >= 0.6 is 0 Å². The van der Waals surface area contributed by atoms with Crippen molar-refractivity contribution in [2.24, 2.45) is 11.7 Å². The molecule has 3 N–H and O–H groups in total. The number of hydrogen-bond donors (Lipinski definition) is 2. The lowest BCUT2D eigenvalue weighted by Gasteiger charge is -2.28. The summed E-state index contributed by atoms with van der Waals surface area (Å²) in [5.74, 6) is 0.857. The van der Waals surface area contributed by atoms with E-state index in [1.54, 1.807) is 0 Å². The zero-order valence-corrected chi connectivity index (χ0v) is 10.2. The van der Waals surface area contributed by atoms with Gasteiger partial charge in [0, 0.05) is 12.6 Å². The molecule has 0 aromatic carbocycles. The molecule has 0 aromatic heterocycles. The van der Waals surface area contributed by atoms with Crippen LogP contribution in [-0.2, 0) is 9.53 Å². The van der Waals surface area contributed by atoms with Crippen molar-refractivity contribution in [3.05, 3.63) is 0 Å². The van der Waals surface area contributed by atoms with E-state index >= 15 is 0 Å². The highest BCUT2D eigenvalue weighted by atomic mass is 16.5. The second-order valence-electron chi connectivity index (χ2n) is 4.53. The Bertz CT molecular complexity index is 201. The maximum atomic E-state index is 11.5. The molecule has 0 spiro atoms. The molecule has 1 aliphatic rings. The molecule has 1 amide bonds. The molecule has 0 atom stereocenters. The molecule has 0 radical (unpaired) electrons. The third-order valence-corrected chi connectivity index (χ3v) is 3.28. The Labute approximate surface area is 97.9 Å². The first kappa shape index (κ1) is 13.5. The van der Waals surface area contributed by atoms with Gasteiger partial charge in [0.15, 0.2) is 0 Å². The fourth-order valence-corrected chi connectivity index (χ4v) is 2.23. The highest BCUT2D eigenvalue weighted by Crippen LogP contribution is 2.26. The first-order valence-corrected chi connectivity index (χ1v) is 6.33. The van der Waals surface area contributed by atoms with Gasteiger partial charge in [0.25, 0.3) is 0 Å². The second kappa shape index (κ2) is 7.63. The molecule has 1 aliphatic carbocycles. The monoisotopic (exact) mass is 228 g/mol. The summed E-state index contributed by atoms with van der Waals surface area (Å²) in [6, 6.07) is 0.358.